The van der Waals surface area contributed by atoms with Crippen molar-refractivity contribution in [1.29, 1.82) is 0 Å². The fourth-order valence-corrected chi connectivity index (χ4v) is 1.03. The van der Waals surface area contributed by atoms with Gasteiger partial charge in [0, 0.05) is 6.08 Å². The summed E-state index contributed by atoms with van der Waals surface area (Å²) in [6.45, 7) is 9.93. The standard InChI is InChI=1S/C11H9NO3.C4H6/c1-2-11(13)10(12(14)15)8-9-6-4-3-5-7-9;1-3-4-2/h2-8H,1H2;3-4H,1-2H2. The van der Waals surface area contributed by atoms with E-state index in [0.29, 0.717) is 5.56 Å². The van der Waals surface area contributed by atoms with Crippen molar-refractivity contribution < 1.29 is 9.72 Å². The minimum atomic E-state index is -0.711. The molecule has 1 rings (SSSR count). The monoisotopic (exact) mass is 257 g/mol. The molecular formula is C15H15NO3. The summed E-state index contributed by atoms with van der Waals surface area (Å²) in [5.74, 6) is -0.691. The Labute approximate surface area is 112 Å². The fourth-order valence-electron chi connectivity index (χ4n) is 1.03. The maximum absolute atomic E-state index is 11.1. The fraction of sp³-hybridized carbons (Fsp3) is 0. The first kappa shape index (κ1) is 16.2. The molecule has 0 radical (unpaired) electrons. The lowest BCUT2D eigenvalue weighted by Crippen LogP contribution is -2.08. The molecule has 0 spiro atoms. The van der Waals surface area contributed by atoms with Crippen molar-refractivity contribution in [2.45, 2.75) is 0 Å². The Morgan fingerprint density at radius 3 is 2.00 bits per heavy atom. The van der Waals surface area contributed by atoms with Gasteiger partial charge >= 0.3 is 5.70 Å². The summed E-state index contributed by atoms with van der Waals surface area (Å²) in [6, 6.07) is 8.63. The molecule has 19 heavy (non-hydrogen) atoms. The van der Waals surface area contributed by atoms with Crippen molar-refractivity contribution >= 4 is 11.9 Å². The van der Waals surface area contributed by atoms with E-state index < -0.39 is 16.4 Å². The van der Waals surface area contributed by atoms with Crippen LogP contribution in [0.1, 0.15) is 5.56 Å². The Balaban J connectivity index is 0.000000711. The number of hydrogen-bond donors (Lipinski definition) is 0. The lowest BCUT2D eigenvalue weighted by Gasteiger charge is -1.94. The molecule has 4 heteroatoms. The van der Waals surface area contributed by atoms with Crippen molar-refractivity contribution in [3.8, 4) is 0 Å². The molecule has 0 saturated heterocycles. The van der Waals surface area contributed by atoms with Crippen LogP contribution in [0.4, 0.5) is 0 Å². The average molecular weight is 257 g/mol. The molecule has 0 amide bonds. The molecule has 0 aliphatic rings. The van der Waals surface area contributed by atoms with Crippen LogP contribution in [0.3, 0.4) is 0 Å². The van der Waals surface area contributed by atoms with E-state index in [0.717, 1.165) is 6.08 Å². The normalized spacial score (nSPS) is 9.58. The number of benzene rings is 1. The number of nitrogens with zero attached hydrogens (tertiary/aromatic N) is 1. The van der Waals surface area contributed by atoms with Gasteiger partial charge in [-0.15, -0.1) is 0 Å². The second-order valence-electron chi connectivity index (χ2n) is 3.24. The smallest absolute Gasteiger partial charge is 0.282 e. The largest absolute Gasteiger partial charge is 0.316 e. The second kappa shape index (κ2) is 9.30. The second-order valence-corrected chi connectivity index (χ2v) is 3.24. The molecular weight excluding hydrogens is 242 g/mol. The summed E-state index contributed by atoms with van der Waals surface area (Å²) in [5, 5.41) is 10.6. The SMILES string of the molecule is C=CC(=O)C(=Cc1ccccc1)[N+](=O)[O-].C=CC=C. The number of carbonyl (C=O) groups excluding carboxylic acids is 1. The summed E-state index contributed by atoms with van der Waals surface area (Å²) in [7, 11) is 0. The predicted molar refractivity (Wildman–Crippen MR) is 77.0 cm³/mol. The van der Waals surface area contributed by atoms with Gasteiger partial charge in [0.15, 0.2) is 0 Å². The van der Waals surface area contributed by atoms with Crippen LogP contribution in [0.2, 0.25) is 0 Å². The van der Waals surface area contributed by atoms with Gasteiger partial charge in [0.2, 0.25) is 0 Å². The van der Waals surface area contributed by atoms with Crippen LogP contribution in [-0.2, 0) is 4.79 Å². The van der Waals surface area contributed by atoms with E-state index in [2.05, 4.69) is 19.7 Å². The lowest BCUT2D eigenvalue weighted by molar-refractivity contribution is -0.416. The zero-order chi connectivity index (χ0) is 14.7. The highest BCUT2D eigenvalue weighted by Gasteiger charge is 2.17. The van der Waals surface area contributed by atoms with Gasteiger partial charge in [-0.3, -0.25) is 14.9 Å². The van der Waals surface area contributed by atoms with Gasteiger partial charge in [-0.2, -0.15) is 0 Å². The molecule has 98 valence electrons. The minimum Gasteiger partial charge on any atom is -0.282 e. The molecule has 0 unspecified atom stereocenters. The highest BCUT2D eigenvalue weighted by Crippen LogP contribution is 2.08. The third kappa shape index (κ3) is 6.53. The molecule has 0 aliphatic heterocycles. The highest BCUT2D eigenvalue weighted by atomic mass is 16.6. The summed E-state index contributed by atoms with van der Waals surface area (Å²) < 4.78 is 0. The van der Waals surface area contributed by atoms with Crippen LogP contribution in [0, 0.1) is 10.1 Å². The van der Waals surface area contributed by atoms with Crippen LogP contribution in [-0.4, -0.2) is 10.7 Å². The maximum atomic E-state index is 11.1. The van der Waals surface area contributed by atoms with Crippen molar-refractivity contribution in [1.82, 2.24) is 0 Å². The van der Waals surface area contributed by atoms with E-state index in [-0.39, 0.29) is 0 Å². The molecule has 0 heterocycles. The summed E-state index contributed by atoms with van der Waals surface area (Å²) in [4.78, 5) is 21.0. The number of rotatable bonds is 5. The van der Waals surface area contributed by atoms with Gasteiger partial charge in [0.1, 0.15) is 0 Å². The predicted octanol–water partition coefficient (Wildman–Crippen LogP) is 3.42. The first-order chi connectivity index (χ1) is 9.06. The molecule has 0 aromatic heterocycles. The number of allylic oxidation sites excluding steroid dienone is 3. The third-order valence-corrected chi connectivity index (χ3v) is 1.90. The quantitative estimate of drug-likeness (QED) is 0.351. The van der Waals surface area contributed by atoms with E-state index >= 15 is 0 Å². The molecule has 0 bridgehead atoms. The van der Waals surface area contributed by atoms with Crippen LogP contribution >= 0.6 is 0 Å². The topological polar surface area (TPSA) is 60.2 Å². The zero-order valence-electron chi connectivity index (χ0n) is 10.5. The number of ketones is 1. The van der Waals surface area contributed by atoms with Crippen molar-refractivity contribution in [2.75, 3.05) is 0 Å². The molecule has 4 nitrogen and oxygen atoms in total. The van der Waals surface area contributed by atoms with Crippen molar-refractivity contribution in [3.05, 3.63) is 89.7 Å². The van der Waals surface area contributed by atoms with E-state index in [9.17, 15) is 14.9 Å². The Kier molecular flexibility index (Phi) is 7.95. The Morgan fingerprint density at radius 1 is 1.11 bits per heavy atom. The molecule has 0 N–H and O–H groups in total. The number of hydrogen-bond acceptors (Lipinski definition) is 3. The summed E-state index contributed by atoms with van der Waals surface area (Å²) in [6.07, 6.45) is 5.43. The van der Waals surface area contributed by atoms with Gasteiger partial charge in [0.05, 0.1) is 4.92 Å². The van der Waals surface area contributed by atoms with Gasteiger partial charge in [-0.1, -0.05) is 62.2 Å². The van der Waals surface area contributed by atoms with Crippen molar-refractivity contribution in [2.24, 2.45) is 0 Å². The van der Waals surface area contributed by atoms with E-state index in [4.69, 9.17) is 0 Å². The van der Waals surface area contributed by atoms with Gasteiger partial charge in [-0.05, 0) is 11.6 Å². The van der Waals surface area contributed by atoms with Crippen LogP contribution in [0.25, 0.3) is 6.08 Å². The maximum Gasteiger partial charge on any atom is 0.316 e. The lowest BCUT2D eigenvalue weighted by atomic mass is 10.1. The molecule has 0 saturated carbocycles. The summed E-state index contributed by atoms with van der Waals surface area (Å²) >= 11 is 0. The highest BCUT2D eigenvalue weighted by molar-refractivity contribution is 6.04. The van der Waals surface area contributed by atoms with Gasteiger partial charge in [-0.25, -0.2) is 0 Å². The zero-order valence-corrected chi connectivity index (χ0v) is 10.5. The van der Waals surface area contributed by atoms with E-state index in [1.807, 2.05) is 0 Å². The molecule has 1 aromatic carbocycles. The Morgan fingerprint density at radius 2 is 1.63 bits per heavy atom. The van der Waals surface area contributed by atoms with E-state index in [1.54, 1.807) is 42.5 Å². The van der Waals surface area contributed by atoms with Crippen molar-refractivity contribution in [3.63, 3.8) is 0 Å². The van der Waals surface area contributed by atoms with Crippen LogP contribution in [0.5, 0.6) is 0 Å². The number of nitro groups is 1. The average Bonchev–Trinajstić information content (AvgIpc) is 2.45. The van der Waals surface area contributed by atoms with Gasteiger partial charge < -0.3 is 0 Å². The molecule has 0 fully saturated rings. The summed E-state index contributed by atoms with van der Waals surface area (Å²) in [5.41, 5.74) is 0.135. The van der Waals surface area contributed by atoms with E-state index in [1.165, 1.54) is 6.08 Å². The molecule has 0 aliphatic carbocycles. The molecule has 0 atom stereocenters. The van der Waals surface area contributed by atoms with Gasteiger partial charge in [0.25, 0.3) is 5.78 Å². The first-order valence-electron chi connectivity index (χ1n) is 5.38. The molecule has 1 aromatic rings. The minimum absolute atomic E-state index is 0.476. The Bertz CT molecular complexity index is 495. The third-order valence-electron chi connectivity index (χ3n) is 1.90. The van der Waals surface area contributed by atoms with Crippen LogP contribution < -0.4 is 0 Å². The first-order valence-corrected chi connectivity index (χ1v) is 5.38. The number of carbonyl (C=O) groups is 1. The van der Waals surface area contributed by atoms with Crippen LogP contribution in [0.15, 0.2) is 74.0 Å². The Hall–Kier alpha value is -2.75.